The molecule has 1 aromatic carbocycles. The molecule has 2 aromatic rings. The summed E-state index contributed by atoms with van der Waals surface area (Å²) in [7, 11) is 0. The van der Waals surface area contributed by atoms with E-state index < -0.39 is 0 Å². The van der Waals surface area contributed by atoms with Gasteiger partial charge in [0, 0.05) is 13.3 Å². The van der Waals surface area contributed by atoms with Crippen LogP contribution >= 0.6 is 11.3 Å². The van der Waals surface area contributed by atoms with Crippen LogP contribution in [0.5, 0.6) is 0 Å². The molecule has 3 rings (SSSR count). The lowest BCUT2D eigenvalue weighted by Crippen LogP contribution is -2.30. The van der Waals surface area contributed by atoms with Gasteiger partial charge in [-0.25, -0.2) is 9.88 Å². The number of aromatic nitrogens is 1. The van der Waals surface area contributed by atoms with E-state index in [9.17, 15) is 14.4 Å². The Morgan fingerprint density at radius 2 is 1.84 bits per heavy atom. The number of nitrogens with zero attached hydrogens (tertiary/aromatic N) is 2. The third kappa shape index (κ3) is 3.39. The van der Waals surface area contributed by atoms with Gasteiger partial charge in [0.25, 0.3) is 0 Å². The van der Waals surface area contributed by atoms with E-state index in [0.29, 0.717) is 22.1 Å². The van der Waals surface area contributed by atoms with E-state index in [-0.39, 0.29) is 29.9 Å². The number of thiazole rings is 1. The average Bonchev–Trinajstić information content (AvgIpc) is 2.98. The Bertz CT molecular complexity index is 865. The first kappa shape index (κ1) is 17.5. The third-order valence-electron chi connectivity index (χ3n) is 4.30. The minimum atomic E-state index is -0.376. The summed E-state index contributed by atoms with van der Waals surface area (Å²) in [6.45, 7) is 7.22. The number of imide groups is 1. The maximum absolute atomic E-state index is 12.8. The van der Waals surface area contributed by atoms with Gasteiger partial charge in [-0.2, -0.15) is 0 Å². The van der Waals surface area contributed by atoms with Crippen LogP contribution in [0.4, 0.5) is 5.13 Å². The number of hydrogen-bond donors (Lipinski definition) is 0. The first-order valence-electron chi connectivity index (χ1n) is 8.18. The standard InChI is InChI=1S/C19H20N2O3S/c1-10-5-11(2)7-14(6-10)8-15-9-16(23)21(18(15)24)19-20-12(3)17(25-19)13(4)22/h5-7,15H,8-9H2,1-4H3. The summed E-state index contributed by atoms with van der Waals surface area (Å²) in [6, 6.07) is 6.18. The van der Waals surface area contributed by atoms with Crippen LogP contribution in [0, 0.1) is 26.7 Å². The first-order valence-corrected chi connectivity index (χ1v) is 9.00. The van der Waals surface area contributed by atoms with Crippen molar-refractivity contribution >= 4 is 34.1 Å². The summed E-state index contributed by atoms with van der Waals surface area (Å²) in [5.74, 6) is -0.956. The molecule has 1 saturated heterocycles. The molecule has 1 aromatic heterocycles. The zero-order valence-electron chi connectivity index (χ0n) is 14.8. The maximum atomic E-state index is 12.8. The van der Waals surface area contributed by atoms with Crippen molar-refractivity contribution in [2.45, 2.75) is 40.5 Å². The molecule has 0 saturated carbocycles. The molecule has 0 aliphatic carbocycles. The average molecular weight is 356 g/mol. The van der Waals surface area contributed by atoms with Gasteiger partial charge >= 0.3 is 0 Å². The number of benzene rings is 1. The Hall–Kier alpha value is -2.34. The fourth-order valence-electron chi connectivity index (χ4n) is 3.33. The lowest BCUT2D eigenvalue weighted by Gasteiger charge is -2.12. The van der Waals surface area contributed by atoms with E-state index >= 15 is 0 Å². The minimum absolute atomic E-state index is 0.105. The van der Waals surface area contributed by atoms with Crippen molar-refractivity contribution in [2.24, 2.45) is 5.92 Å². The van der Waals surface area contributed by atoms with Gasteiger partial charge in [0.2, 0.25) is 11.8 Å². The van der Waals surface area contributed by atoms with Gasteiger partial charge in [0.05, 0.1) is 16.5 Å². The molecular weight excluding hydrogens is 336 g/mol. The molecule has 130 valence electrons. The third-order valence-corrected chi connectivity index (χ3v) is 5.54. The number of Topliss-reactive ketones (excluding diaryl/α,β-unsaturated/α-hetero) is 1. The molecule has 0 N–H and O–H groups in total. The largest absolute Gasteiger partial charge is 0.294 e. The topological polar surface area (TPSA) is 67.3 Å². The van der Waals surface area contributed by atoms with Gasteiger partial charge in [-0.15, -0.1) is 0 Å². The Kier molecular flexibility index (Phi) is 4.56. The predicted octanol–water partition coefficient (Wildman–Crippen LogP) is 3.39. The van der Waals surface area contributed by atoms with E-state index in [1.165, 1.54) is 6.92 Å². The lowest BCUT2D eigenvalue weighted by atomic mass is 9.95. The quantitative estimate of drug-likeness (QED) is 0.622. The van der Waals surface area contributed by atoms with Crippen LogP contribution in [0.25, 0.3) is 0 Å². The zero-order valence-corrected chi connectivity index (χ0v) is 15.6. The second-order valence-corrected chi connectivity index (χ2v) is 7.61. The molecule has 0 spiro atoms. The van der Waals surface area contributed by atoms with Crippen LogP contribution in [0.3, 0.4) is 0 Å². The van der Waals surface area contributed by atoms with Gasteiger partial charge in [-0.05, 0) is 32.8 Å². The second kappa shape index (κ2) is 6.52. The van der Waals surface area contributed by atoms with E-state index in [1.807, 2.05) is 13.8 Å². The van der Waals surface area contributed by atoms with E-state index in [4.69, 9.17) is 0 Å². The number of carbonyl (C=O) groups excluding carboxylic acids is 3. The van der Waals surface area contributed by atoms with Crippen molar-refractivity contribution in [3.8, 4) is 0 Å². The lowest BCUT2D eigenvalue weighted by molar-refractivity contribution is -0.122. The van der Waals surface area contributed by atoms with E-state index in [1.54, 1.807) is 6.92 Å². The molecule has 0 radical (unpaired) electrons. The van der Waals surface area contributed by atoms with Crippen molar-refractivity contribution in [1.29, 1.82) is 0 Å². The highest BCUT2D eigenvalue weighted by molar-refractivity contribution is 7.18. The van der Waals surface area contributed by atoms with Crippen molar-refractivity contribution in [3.63, 3.8) is 0 Å². The maximum Gasteiger partial charge on any atom is 0.239 e. The van der Waals surface area contributed by atoms with Crippen LogP contribution in [-0.2, 0) is 16.0 Å². The molecule has 1 unspecified atom stereocenters. The highest BCUT2D eigenvalue weighted by Crippen LogP contribution is 2.33. The molecule has 5 nitrogen and oxygen atoms in total. The number of rotatable bonds is 4. The van der Waals surface area contributed by atoms with Crippen molar-refractivity contribution < 1.29 is 14.4 Å². The van der Waals surface area contributed by atoms with Crippen LogP contribution in [0.1, 0.15) is 45.4 Å². The Labute approximate surface area is 150 Å². The number of anilines is 1. The summed E-state index contributed by atoms with van der Waals surface area (Å²) in [5.41, 5.74) is 3.91. The van der Waals surface area contributed by atoms with Gasteiger partial charge in [-0.1, -0.05) is 40.7 Å². The van der Waals surface area contributed by atoms with Crippen molar-refractivity contribution in [2.75, 3.05) is 4.90 Å². The zero-order chi connectivity index (χ0) is 18.3. The molecule has 1 aliphatic heterocycles. The summed E-state index contributed by atoms with van der Waals surface area (Å²) in [6.07, 6.45) is 0.716. The first-order chi connectivity index (χ1) is 11.8. The minimum Gasteiger partial charge on any atom is -0.294 e. The molecule has 6 heteroatoms. The SMILES string of the molecule is CC(=O)c1sc(N2C(=O)CC(Cc3cc(C)cc(C)c3)C2=O)nc1C. The van der Waals surface area contributed by atoms with Crippen molar-refractivity contribution in [1.82, 2.24) is 4.98 Å². The number of carbonyl (C=O) groups is 3. The Morgan fingerprint density at radius 1 is 1.20 bits per heavy atom. The summed E-state index contributed by atoms with van der Waals surface area (Å²) >= 11 is 1.11. The predicted molar refractivity (Wildman–Crippen MR) is 97.1 cm³/mol. The van der Waals surface area contributed by atoms with Crippen molar-refractivity contribution in [3.05, 3.63) is 45.5 Å². The molecule has 2 amide bonds. The Balaban J connectivity index is 1.85. The number of hydrogen-bond acceptors (Lipinski definition) is 5. The molecular formula is C19H20N2O3S. The van der Waals surface area contributed by atoms with Gasteiger partial charge in [0.1, 0.15) is 0 Å². The van der Waals surface area contributed by atoms with Gasteiger partial charge < -0.3 is 0 Å². The second-order valence-electron chi connectivity index (χ2n) is 6.64. The molecule has 1 fully saturated rings. The number of ketones is 1. The van der Waals surface area contributed by atoms with E-state index in [0.717, 1.165) is 32.9 Å². The fourth-order valence-corrected chi connectivity index (χ4v) is 4.32. The molecule has 2 heterocycles. The van der Waals surface area contributed by atoms with Crippen LogP contribution in [0.15, 0.2) is 18.2 Å². The van der Waals surface area contributed by atoms with Gasteiger partial charge in [-0.3, -0.25) is 14.4 Å². The fraction of sp³-hybridized carbons (Fsp3) is 0.368. The number of aryl methyl sites for hydroxylation is 3. The molecule has 1 atom stereocenters. The van der Waals surface area contributed by atoms with Crippen LogP contribution in [0.2, 0.25) is 0 Å². The molecule has 0 bridgehead atoms. The molecule has 1 aliphatic rings. The van der Waals surface area contributed by atoms with E-state index in [2.05, 4.69) is 23.2 Å². The molecule has 25 heavy (non-hydrogen) atoms. The smallest absolute Gasteiger partial charge is 0.239 e. The highest BCUT2D eigenvalue weighted by Gasteiger charge is 2.41. The summed E-state index contributed by atoms with van der Waals surface area (Å²) in [5, 5.41) is 0.306. The van der Waals surface area contributed by atoms with Crippen LogP contribution in [-0.4, -0.2) is 22.6 Å². The van der Waals surface area contributed by atoms with Gasteiger partial charge in [0.15, 0.2) is 10.9 Å². The normalized spacial score (nSPS) is 17.4. The summed E-state index contributed by atoms with van der Waals surface area (Å²) < 4.78 is 0. The number of amides is 2. The Morgan fingerprint density at radius 3 is 2.40 bits per heavy atom. The monoisotopic (exact) mass is 356 g/mol. The van der Waals surface area contributed by atoms with Crippen LogP contribution < -0.4 is 4.90 Å². The highest BCUT2D eigenvalue weighted by atomic mass is 32.1. The summed E-state index contributed by atoms with van der Waals surface area (Å²) in [4.78, 5) is 42.7.